The van der Waals surface area contributed by atoms with E-state index in [0.29, 0.717) is 19.4 Å². The van der Waals surface area contributed by atoms with Crippen LogP contribution in [0.4, 0.5) is 0 Å². The summed E-state index contributed by atoms with van der Waals surface area (Å²) in [4.78, 5) is 24.5. The fraction of sp³-hybridized carbons (Fsp3) is 0.900. The number of unbranched alkanes of at least 4 members (excludes halogenated alkanes) is 42. The van der Waals surface area contributed by atoms with Crippen LogP contribution in [-0.2, 0) is 14.3 Å². The van der Waals surface area contributed by atoms with Gasteiger partial charge in [-0.1, -0.05) is 276 Å². The largest absolute Gasteiger partial charge is 0.466 e. The van der Waals surface area contributed by atoms with E-state index < -0.39 is 12.1 Å². The number of ether oxygens (including phenoxy) is 1. The summed E-state index contributed by atoms with van der Waals surface area (Å²) in [7, 11) is 0. The molecule has 6 heteroatoms. The van der Waals surface area contributed by atoms with E-state index in [9.17, 15) is 19.8 Å². The number of esters is 1. The zero-order chi connectivity index (χ0) is 47.9. The molecule has 0 rings (SSSR count). The number of hydrogen-bond donors (Lipinski definition) is 3. The molecular weight excluding hydrogens is 815 g/mol. The first-order chi connectivity index (χ1) is 32.5. The topological polar surface area (TPSA) is 95.9 Å². The van der Waals surface area contributed by atoms with Crippen molar-refractivity contribution < 1.29 is 24.5 Å². The molecule has 0 aliphatic heterocycles. The van der Waals surface area contributed by atoms with Crippen LogP contribution in [0.5, 0.6) is 0 Å². The standard InChI is InChI=1S/C60H115NO5/c1-3-5-7-9-11-13-15-17-18-19-20-21-22-23-25-29-32-36-40-44-48-52-58(63)57(56-62)61-59(64)53-49-45-41-37-33-30-26-24-27-31-35-39-43-47-51-55-66-60(65)54-50-46-42-38-34-28-16-14-12-10-8-6-4-2/h27,31,48,52,57-58,62-63H,3-26,28-30,32-47,49-51,53-56H2,1-2H3,(H,61,64)/b31-27-,52-48+. The van der Waals surface area contributed by atoms with Crippen LogP contribution >= 0.6 is 0 Å². The minimum absolute atomic E-state index is 0.00925. The van der Waals surface area contributed by atoms with Crippen molar-refractivity contribution in [3.63, 3.8) is 0 Å². The molecule has 0 aliphatic rings. The van der Waals surface area contributed by atoms with Crippen LogP contribution in [0.2, 0.25) is 0 Å². The minimum atomic E-state index is -0.855. The number of rotatable bonds is 55. The predicted molar refractivity (Wildman–Crippen MR) is 287 cm³/mol. The first-order valence-electron chi connectivity index (χ1n) is 29.6. The quantitative estimate of drug-likeness (QED) is 0.0321. The second-order valence-electron chi connectivity index (χ2n) is 20.3. The molecule has 2 unspecified atom stereocenters. The maximum absolute atomic E-state index is 12.5. The number of aliphatic hydroxyl groups is 2. The Hall–Kier alpha value is -1.66. The van der Waals surface area contributed by atoms with Crippen molar-refractivity contribution in [1.29, 1.82) is 0 Å². The Balaban J connectivity index is 3.50. The summed E-state index contributed by atoms with van der Waals surface area (Å²) < 4.78 is 5.46. The maximum atomic E-state index is 12.5. The zero-order valence-corrected chi connectivity index (χ0v) is 44.4. The van der Waals surface area contributed by atoms with Crippen LogP contribution in [0.1, 0.15) is 322 Å². The van der Waals surface area contributed by atoms with Crippen LogP contribution in [0.25, 0.3) is 0 Å². The van der Waals surface area contributed by atoms with Gasteiger partial charge < -0.3 is 20.3 Å². The van der Waals surface area contributed by atoms with Gasteiger partial charge in [0, 0.05) is 12.8 Å². The molecule has 0 saturated heterocycles. The van der Waals surface area contributed by atoms with Crippen molar-refractivity contribution in [1.82, 2.24) is 5.32 Å². The Morgan fingerprint density at radius 1 is 0.409 bits per heavy atom. The highest BCUT2D eigenvalue weighted by molar-refractivity contribution is 5.76. The molecule has 1 amide bonds. The van der Waals surface area contributed by atoms with E-state index in [-0.39, 0.29) is 18.5 Å². The molecule has 0 aromatic heterocycles. The number of carbonyl (C=O) groups is 2. The highest BCUT2D eigenvalue weighted by Gasteiger charge is 2.18. The van der Waals surface area contributed by atoms with Gasteiger partial charge in [-0.3, -0.25) is 9.59 Å². The van der Waals surface area contributed by atoms with Crippen LogP contribution in [0.15, 0.2) is 24.3 Å². The van der Waals surface area contributed by atoms with Crippen molar-refractivity contribution >= 4 is 11.9 Å². The van der Waals surface area contributed by atoms with Crippen LogP contribution in [0.3, 0.4) is 0 Å². The van der Waals surface area contributed by atoms with Gasteiger partial charge >= 0.3 is 5.97 Å². The zero-order valence-electron chi connectivity index (χ0n) is 44.4. The van der Waals surface area contributed by atoms with Crippen molar-refractivity contribution in [2.45, 2.75) is 334 Å². The Morgan fingerprint density at radius 3 is 1.08 bits per heavy atom. The molecule has 6 nitrogen and oxygen atoms in total. The van der Waals surface area contributed by atoms with Gasteiger partial charge in [-0.2, -0.15) is 0 Å². The minimum Gasteiger partial charge on any atom is -0.466 e. The van der Waals surface area contributed by atoms with Gasteiger partial charge in [-0.25, -0.2) is 0 Å². The van der Waals surface area contributed by atoms with Gasteiger partial charge in [0.05, 0.1) is 25.4 Å². The molecule has 0 spiro atoms. The van der Waals surface area contributed by atoms with Gasteiger partial charge in [0.1, 0.15) is 0 Å². The Bertz CT molecular complexity index is 1030. The second-order valence-corrected chi connectivity index (χ2v) is 20.3. The highest BCUT2D eigenvalue weighted by atomic mass is 16.5. The van der Waals surface area contributed by atoms with E-state index in [1.807, 2.05) is 6.08 Å². The summed E-state index contributed by atoms with van der Waals surface area (Å²) >= 11 is 0. The summed E-state index contributed by atoms with van der Waals surface area (Å²) in [5.41, 5.74) is 0. The summed E-state index contributed by atoms with van der Waals surface area (Å²) in [6, 6.07) is -0.639. The average Bonchev–Trinajstić information content (AvgIpc) is 3.32. The lowest BCUT2D eigenvalue weighted by atomic mass is 10.0. The third kappa shape index (κ3) is 51.7. The van der Waals surface area contributed by atoms with E-state index in [1.165, 1.54) is 225 Å². The Morgan fingerprint density at radius 2 is 0.712 bits per heavy atom. The molecule has 0 aromatic rings. The molecule has 390 valence electrons. The highest BCUT2D eigenvalue weighted by Crippen LogP contribution is 2.17. The predicted octanol–water partition coefficient (Wildman–Crippen LogP) is 18.2. The van der Waals surface area contributed by atoms with Gasteiger partial charge in [-0.15, -0.1) is 0 Å². The molecule has 0 aromatic carbocycles. The first kappa shape index (κ1) is 64.3. The molecule has 0 bridgehead atoms. The normalized spacial score (nSPS) is 12.7. The number of allylic oxidation sites excluding steroid dienone is 3. The van der Waals surface area contributed by atoms with Gasteiger partial charge in [-0.05, 0) is 57.8 Å². The summed E-state index contributed by atoms with van der Waals surface area (Å²) in [5.74, 6) is -0.0896. The Kier molecular flexibility index (Phi) is 54.5. The average molecular weight is 931 g/mol. The molecule has 0 aliphatic carbocycles. The van der Waals surface area contributed by atoms with Crippen LogP contribution < -0.4 is 5.32 Å². The number of carbonyl (C=O) groups excluding carboxylic acids is 2. The SMILES string of the molecule is CCCCCCCCCCCCCCCCCCCCC/C=C/C(O)C(CO)NC(=O)CCCCCCCCC/C=C\CCCCCCOC(=O)CCCCCCCCCCCCCCC. The fourth-order valence-electron chi connectivity index (χ4n) is 9.16. The number of nitrogens with one attached hydrogen (secondary N) is 1. The van der Waals surface area contributed by atoms with Crippen molar-refractivity contribution in [2.24, 2.45) is 0 Å². The third-order valence-corrected chi connectivity index (χ3v) is 13.7. The molecule has 0 fully saturated rings. The lowest BCUT2D eigenvalue weighted by molar-refractivity contribution is -0.143. The number of amides is 1. The van der Waals surface area contributed by atoms with E-state index in [0.717, 1.165) is 70.6 Å². The second kappa shape index (κ2) is 55.9. The number of hydrogen-bond acceptors (Lipinski definition) is 5. The summed E-state index contributed by atoms with van der Waals surface area (Å²) in [6.07, 6.45) is 67.7. The first-order valence-corrected chi connectivity index (χ1v) is 29.6. The number of aliphatic hydroxyl groups excluding tert-OH is 2. The van der Waals surface area contributed by atoms with Crippen molar-refractivity contribution in [3.05, 3.63) is 24.3 Å². The smallest absolute Gasteiger partial charge is 0.305 e. The lowest BCUT2D eigenvalue weighted by Gasteiger charge is -2.20. The van der Waals surface area contributed by atoms with Gasteiger partial charge in [0.2, 0.25) is 5.91 Å². The van der Waals surface area contributed by atoms with Crippen molar-refractivity contribution in [2.75, 3.05) is 13.2 Å². The van der Waals surface area contributed by atoms with E-state index in [4.69, 9.17) is 4.74 Å². The molecule has 0 saturated carbocycles. The Labute approximate surface area is 411 Å². The van der Waals surface area contributed by atoms with Crippen LogP contribution in [0, 0.1) is 0 Å². The van der Waals surface area contributed by atoms with Crippen LogP contribution in [-0.4, -0.2) is 47.4 Å². The fourth-order valence-corrected chi connectivity index (χ4v) is 9.16. The van der Waals surface area contributed by atoms with Gasteiger partial charge in [0.15, 0.2) is 0 Å². The summed E-state index contributed by atoms with van der Waals surface area (Å²) in [6.45, 7) is 4.89. The molecular formula is C60H115NO5. The summed E-state index contributed by atoms with van der Waals surface area (Å²) in [5, 5.41) is 23.2. The lowest BCUT2D eigenvalue weighted by Crippen LogP contribution is -2.45. The molecule has 2 atom stereocenters. The van der Waals surface area contributed by atoms with Gasteiger partial charge in [0.25, 0.3) is 0 Å². The molecule has 0 heterocycles. The van der Waals surface area contributed by atoms with Crippen molar-refractivity contribution in [3.8, 4) is 0 Å². The van der Waals surface area contributed by atoms with E-state index in [1.54, 1.807) is 6.08 Å². The van der Waals surface area contributed by atoms with E-state index >= 15 is 0 Å². The monoisotopic (exact) mass is 930 g/mol. The molecule has 0 radical (unpaired) electrons. The molecule has 66 heavy (non-hydrogen) atoms. The maximum Gasteiger partial charge on any atom is 0.305 e. The third-order valence-electron chi connectivity index (χ3n) is 13.7. The van der Waals surface area contributed by atoms with E-state index in [2.05, 4.69) is 31.3 Å². The molecule has 3 N–H and O–H groups in total.